The van der Waals surface area contributed by atoms with Crippen molar-refractivity contribution in [2.45, 2.75) is 357 Å². The average molecular weight is 1150 g/mol. The molecule has 0 radical (unpaired) electrons. The third kappa shape index (κ3) is 126. The summed E-state index contributed by atoms with van der Waals surface area (Å²) in [6.07, 6.45) is 4.76. The van der Waals surface area contributed by atoms with Crippen molar-refractivity contribution < 1.29 is 102 Å². The quantitative estimate of drug-likeness (QED) is 0.0436. The van der Waals surface area contributed by atoms with Crippen molar-refractivity contribution in [2.24, 2.45) is 0 Å². The summed E-state index contributed by atoms with van der Waals surface area (Å²) in [6, 6.07) is 0. The fourth-order valence-electron chi connectivity index (χ4n) is 5.04. The summed E-state index contributed by atoms with van der Waals surface area (Å²) in [4.78, 5) is 9.60. The molecule has 0 heterocycles. The monoisotopic (exact) mass is 1150 g/mol. The lowest BCUT2D eigenvalue weighted by molar-refractivity contribution is -0.132. The van der Waals surface area contributed by atoms with Gasteiger partial charge < -0.3 is 97.0 Å². The van der Waals surface area contributed by atoms with Crippen LogP contribution in [0.3, 0.4) is 0 Å². The first-order valence-corrected chi connectivity index (χ1v) is 28.8. The summed E-state index contributed by atoms with van der Waals surface area (Å²) in [5, 5.41) is 166. The topological polar surface area (TPSA) is 401 Å². The summed E-state index contributed by atoms with van der Waals surface area (Å²) in [7, 11) is 0. The van der Waals surface area contributed by atoms with Crippen molar-refractivity contribution >= 4 is 5.97 Å². The highest BCUT2D eigenvalue weighted by Gasteiger charge is 2.08. The van der Waals surface area contributed by atoms with E-state index in [1.54, 1.807) is 62.3 Å². The molecule has 0 aliphatic heterocycles. The smallest absolute Gasteiger partial charge is 0.330 e. The molecule has 18 unspecified atom stereocenters. The van der Waals surface area contributed by atoms with E-state index in [4.69, 9.17) is 97.0 Å². The van der Waals surface area contributed by atoms with Crippen molar-refractivity contribution in [2.75, 3.05) is 0 Å². The number of carbonyl (C=O) groups is 1. The van der Waals surface area contributed by atoms with Gasteiger partial charge in [0.25, 0.3) is 0 Å². The highest BCUT2D eigenvalue weighted by molar-refractivity contribution is 5.84. The molecule has 0 aliphatic rings. The zero-order valence-electron chi connectivity index (χ0n) is 52.7. The molecule has 0 rings (SSSR count). The summed E-state index contributed by atoms with van der Waals surface area (Å²) in [5.74, 6) is -0.935. The first-order chi connectivity index (χ1) is 35.6. The lowest BCUT2D eigenvalue weighted by atomic mass is 10.1. The molecule has 0 fully saturated rings. The Bertz CT molecular complexity index is 872. The fourth-order valence-corrected chi connectivity index (χ4v) is 5.04. The first kappa shape index (κ1) is 98.6. The van der Waals surface area contributed by atoms with Crippen LogP contribution in [0.15, 0.2) is 12.2 Å². The van der Waals surface area contributed by atoms with Crippen LogP contribution in [0.4, 0.5) is 0 Å². The minimum atomic E-state index is -0.935. The second kappa shape index (κ2) is 71.6. The standard InChI is InChI=1S/9C6H14O2.C4H6O2/c9*1-3-6(8)4-5(2)7;1-3(2)4(5)6/h9*5-8H,3-4H2,1-2H3;1H2,2H3,(H,5,6). The molecule has 0 aromatic rings. The largest absolute Gasteiger partial charge is 0.478 e. The normalized spacial score (nSPS) is 17.2. The molecule has 0 amide bonds. The molecule has 484 valence electrons. The number of hydrogen-bond donors (Lipinski definition) is 19. The molecule has 0 bridgehead atoms. The predicted molar refractivity (Wildman–Crippen MR) is 316 cm³/mol. The van der Waals surface area contributed by atoms with Gasteiger partial charge in [-0.2, -0.15) is 0 Å². The van der Waals surface area contributed by atoms with Gasteiger partial charge in [0.2, 0.25) is 0 Å². The molecular formula is C58H132O20. The molecule has 0 saturated heterocycles. The van der Waals surface area contributed by atoms with Gasteiger partial charge in [-0.05, 0) is 185 Å². The zero-order valence-corrected chi connectivity index (χ0v) is 52.7. The maximum Gasteiger partial charge on any atom is 0.330 e. The molecule has 0 aromatic heterocycles. The summed E-state index contributed by atoms with van der Waals surface area (Å²) in [6.45, 7) is 36.8. The molecule has 78 heavy (non-hydrogen) atoms. The van der Waals surface area contributed by atoms with E-state index in [1.807, 2.05) is 62.3 Å². The Morgan fingerprint density at radius 2 is 0.321 bits per heavy atom. The van der Waals surface area contributed by atoms with Crippen LogP contribution in [0.2, 0.25) is 0 Å². The predicted octanol–water partition coefficient (Wildman–Crippen LogP) is 5.40. The number of aliphatic carboxylic acids is 1. The molecule has 20 nitrogen and oxygen atoms in total. The SMILES string of the molecule is C=C(C)C(=O)O.CCC(O)CC(C)O.CCC(O)CC(C)O.CCC(O)CC(C)O.CCC(O)CC(C)O.CCC(O)CC(C)O.CCC(O)CC(C)O.CCC(O)CC(C)O.CCC(O)CC(C)O.CCC(O)CC(C)O. The first-order valence-electron chi connectivity index (χ1n) is 28.8. The van der Waals surface area contributed by atoms with Crippen LogP contribution < -0.4 is 0 Å². The van der Waals surface area contributed by atoms with Gasteiger partial charge in [0, 0.05) is 5.57 Å². The molecule has 20 heteroatoms. The lowest BCUT2D eigenvalue weighted by Crippen LogP contribution is -2.13. The number of aliphatic hydroxyl groups is 18. The molecule has 18 atom stereocenters. The highest BCUT2D eigenvalue weighted by Crippen LogP contribution is 2.05. The number of carboxylic acids is 1. The van der Waals surface area contributed by atoms with E-state index in [0.29, 0.717) is 57.8 Å². The van der Waals surface area contributed by atoms with Gasteiger partial charge in [0.1, 0.15) is 0 Å². The second-order valence-corrected chi connectivity index (χ2v) is 20.4. The minimum Gasteiger partial charge on any atom is -0.478 e. The van der Waals surface area contributed by atoms with E-state index < -0.39 is 5.97 Å². The molecule has 0 aliphatic carbocycles. The Balaban J connectivity index is -0.0000000824. The zero-order chi connectivity index (χ0) is 64.3. The van der Waals surface area contributed by atoms with Gasteiger partial charge in [-0.25, -0.2) is 4.79 Å². The number of aliphatic hydroxyl groups excluding tert-OH is 18. The minimum absolute atomic E-state index is 0.176. The van der Waals surface area contributed by atoms with Gasteiger partial charge >= 0.3 is 5.97 Å². The van der Waals surface area contributed by atoms with Crippen LogP contribution in [0.25, 0.3) is 0 Å². The van der Waals surface area contributed by atoms with Crippen molar-refractivity contribution in [3.63, 3.8) is 0 Å². The third-order valence-corrected chi connectivity index (χ3v) is 10.1. The van der Waals surface area contributed by atoms with Crippen molar-refractivity contribution in [1.82, 2.24) is 0 Å². The van der Waals surface area contributed by atoms with Gasteiger partial charge in [-0.3, -0.25) is 0 Å². The molecule has 0 aromatic carbocycles. The fraction of sp³-hybridized carbons (Fsp3) is 0.948. The van der Waals surface area contributed by atoms with E-state index in [9.17, 15) is 4.79 Å². The number of carboxylic acid groups (broad SMARTS) is 1. The van der Waals surface area contributed by atoms with E-state index in [1.165, 1.54) is 6.92 Å². The molecule has 19 N–H and O–H groups in total. The van der Waals surface area contributed by atoms with E-state index >= 15 is 0 Å². The van der Waals surface area contributed by atoms with Crippen LogP contribution in [0.5, 0.6) is 0 Å². The Kier molecular flexibility index (Phi) is 90.5. The number of hydrogen-bond acceptors (Lipinski definition) is 19. The second-order valence-electron chi connectivity index (χ2n) is 20.4. The van der Waals surface area contributed by atoms with Crippen LogP contribution in [-0.2, 0) is 4.79 Å². The maximum atomic E-state index is 9.60. The van der Waals surface area contributed by atoms with Gasteiger partial charge in [0.05, 0.1) is 110 Å². The van der Waals surface area contributed by atoms with Crippen molar-refractivity contribution in [3.8, 4) is 0 Å². The van der Waals surface area contributed by atoms with Crippen molar-refractivity contribution in [3.05, 3.63) is 12.2 Å². The van der Waals surface area contributed by atoms with Crippen LogP contribution >= 0.6 is 0 Å². The Morgan fingerprint density at radius 3 is 0.333 bits per heavy atom. The van der Waals surface area contributed by atoms with Gasteiger partial charge in [0.15, 0.2) is 0 Å². The lowest BCUT2D eigenvalue weighted by Gasteiger charge is -2.08. The molecule has 0 saturated carbocycles. The van der Waals surface area contributed by atoms with E-state index in [0.717, 1.165) is 57.8 Å². The Hall–Kier alpha value is -1.51. The summed E-state index contributed by atoms with van der Waals surface area (Å²) < 4.78 is 0. The van der Waals surface area contributed by atoms with Crippen LogP contribution in [0, 0.1) is 0 Å². The Morgan fingerprint density at radius 1 is 0.256 bits per heavy atom. The third-order valence-electron chi connectivity index (χ3n) is 10.1. The maximum absolute atomic E-state index is 9.60. The van der Waals surface area contributed by atoms with Gasteiger partial charge in [-0.1, -0.05) is 68.9 Å². The van der Waals surface area contributed by atoms with Crippen molar-refractivity contribution in [1.29, 1.82) is 0 Å². The van der Waals surface area contributed by atoms with Crippen LogP contribution in [-0.4, -0.2) is 213 Å². The average Bonchev–Trinajstić information content (AvgIpc) is 3.31. The van der Waals surface area contributed by atoms with Crippen LogP contribution in [0.1, 0.15) is 247 Å². The van der Waals surface area contributed by atoms with E-state index in [2.05, 4.69) is 6.58 Å². The van der Waals surface area contributed by atoms with Gasteiger partial charge in [-0.15, -0.1) is 0 Å². The number of rotatable bonds is 28. The van der Waals surface area contributed by atoms with E-state index in [-0.39, 0.29) is 115 Å². The Labute approximate surface area is 475 Å². The highest BCUT2D eigenvalue weighted by atomic mass is 16.4. The molecule has 0 spiro atoms. The molecular weight excluding hydrogens is 1020 g/mol. The summed E-state index contributed by atoms with van der Waals surface area (Å²) in [5.41, 5.74) is 0.176. The summed E-state index contributed by atoms with van der Waals surface area (Å²) >= 11 is 0.